The maximum atomic E-state index is 2.45. The van der Waals surface area contributed by atoms with Gasteiger partial charge in [-0.05, 0) is 106 Å². The molecule has 0 spiro atoms. The highest BCUT2D eigenvalue weighted by Gasteiger charge is 2.19. The molecule has 0 atom stereocenters. The third-order valence-corrected chi connectivity index (χ3v) is 12.3. The molecule has 11 rings (SSSR count). The van der Waals surface area contributed by atoms with Crippen molar-refractivity contribution in [1.29, 1.82) is 0 Å². The van der Waals surface area contributed by atoms with Crippen LogP contribution >= 0.6 is 11.3 Å². The molecular formula is C52H32S. The Labute approximate surface area is 311 Å². The molecule has 0 N–H and O–H groups in total. The summed E-state index contributed by atoms with van der Waals surface area (Å²) in [6.45, 7) is 0. The zero-order chi connectivity index (χ0) is 34.9. The second-order valence-corrected chi connectivity index (χ2v) is 15.0. The SMILES string of the molecule is c1ccc(-c2cc3c4cc(-c5c6ccccc6c(-c6cccc(-c7cccc8ccccc78)c6)c6ccccc56)ccc4sc3c3ccccc23)cc1. The van der Waals surface area contributed by atoms with Gasteiger partial charge in [0.2, 0.25) is 0 Å². The monoisotopic (exact) mass is 688 g/mol. The third kappa shape index (κ3) is 4.75. The van der Waals surface area contributed by atoms with Gasteiger partial charge in [0.15, 0.2) is 0 Å². The van der Waals surface area contributed by atoms with E-state index in [1.54, 1.807) is 0 Å². The van der Waals surface area contributed by atoms with Crippen molar-refractivity contribution < 1.29 is 0 Å². The van der Waals surface area contributed by atoms with Gasteiger partial charge in [0.25, 0.3) is 0 Å². The minimum Gasteiger partial charge on any atom is -0.135 e. The molecule has 53 heavy (non-hydrogen) atoms. The molecule has 0 saturated carbocycles. The normalized spacial score (nSPS) is 11.8. The number of thiophene rings is 1. The first-order chi connectivity index (χ1) is 26.3. The maximum absolute atomic E-state index is 2.45. The van der Waals surface area contributed by atoms with Crippen LogP contribution in [0.15, 0.2) is 194 Å². The van der Waals surface area contributed by atoms with Crippen LogP contribution in [0.2, 0.25) is 0 Å². The van der Waals surface area contributed by atoms with Gasteiger partial charge in [-0.3, -0.25) is 0 Å². The molecule has 0 aliphatic rings. The lowest BCUT2D eigenvalue weighted by Crippen LogP contribution is -1.91. The summed E-state index contributed by atoms with van der Waals surface area (Å²) in [5.74, 6) is 0. The van der Waals surface area contributed by atoms with E-state index >= 15 is 0 Å². The van der Waals surface area contributed by atoms with Gasteiger partial charge in [-0.15, -0.1) is 11.3 Å². The number of hydrogen-bond donors (Lipinski definition) is 0. The molecule has 1 aromatic heterocycles. The van der Waals surface area contributed by atoms with Crippen LogP contribution in [0.4, 0.5) is 0 Å². The first kappa shape index (κ1) is 30.1. The van der Waals surface area contributed by atoms with Crippen molar-refractivity contribution in [2.75, 3.05) is 0 Å². The Bertz CT molecular complexity index is 3160. The largest absolute Gasteiger partial charge is 0.135 e. The Morgan fingerprint density at radius 3 is 1.51 bits per heavy atom. The van der Waals surface area contributed by atoms with Gasteiger partial charge in [0.05, 0.1) is 0 Å². The van der Waals surface area contributed by atoms with Gasteiger partial charge < -0.3 is 0 Å². The average Bonchev–Trinajstić information content (AvgIpc) is 3.60. The number of fused-ring (bicyclic) bond motifs is 8. The molecular weight excluding hydrogens is 657 g/mol. The fraction of sp³-hybridized carbons (Fsp3) is 0. The Morgan fingerprint density at radius 1 is 0.264 bits per heavy atom. The lowest BCUT2D eigenvalue weighted by atomic mass is 9.85. The molecule has 0 saturated heterocycles. The second kappa shape index (κ2) is 12.0. The van der Waals surface area contributed by atoms with E-state index < -0.39 is 0 Å². The van der Waals surface area contributed by atoms with E-state index in [1.165, 1.54) is 108 Å². The van der Waals surface area contributed by atoms with E-state index in [1.807, 2.05) is 11.3 Å². The standard InChI is InChI=1S/C52H32S/c1-2-14-34(15-3-1)46-32-48-47-31-37(28-29-49(47)53-52(48)45-26-11-6-21-40(45)46)51-43-24-9-7-22-41(43)50(42-23-8-10-25-44(42)51)36-19-12-18-35(30-36)39-27-13-17-33-16-4-5-20-38(33)39/h1-32H. The summed E-state index contributed by atoms with van der Waals surface area (Å²) < 4.78 is 2.66. The summed E-state index contributed by atoms with van der Waals surface area (Å²) in [6.07, 6.45) is 0. The minimum absolute atomic E-state index is 1.23. The fourth-order valence-electron chi connectivity index (χ4n) is 8.68. The van der Waals surface area contributed by atoms with Gasteiger partial charge in [0.1, 0.15) is 0 Å². The lowest BCUT2D eigenvalue weighted by Gasteiger charge is -2.18. The lowest BCUT2D eigenvalue weighted by molar-refractivity contribution is 1.63. The zero-order valence-electron chi connectivity index (χ0n) is 28.9. The van der Waals surface area contributed by atoms with Gasteiger partial charge in [0, 0.05) is 25.6 Å². The average molecular weight is 689 g/mol. The van der Waals surface area contributed by atoms with Crippen LogP contribution in [0.3, 0.4) is 0 Å². The van der Waals surface area contributed by atoms with E-state index in [0.717, 1.165) is 0 Å². The summed E-state index contributed by atoms with van der Waals surface area (Å²) in [5, 5.41) is 12.9. The van der Waals surface area contributed by atoms with E-state index in [9.17, 15) is 0 Å². The molecule has 10 aromatic carbocycles. The molecule has 0 aliphatic heterocycles. The van der Waals surface area contributed by atoms with Crippen molar-refractivity contribution in [3.63, 3.8) is 0 Å². The van der Waals surface area contributed by atoms with Crippen molar-refractivity contribution in [3.8, 4) is 44.5 Å². The topological polar surface area (TPSA) is 0 Å². The molecule has 11 aromatic rings. The summed E-state index contributed by atoms with van der Waals surface area (Å²) in [6, 6.07) is 71.7. The van der Waals surface area contributed by atoms with Gasteiger partial charge in [-0.1, -0.05) is 170 Å². The van der Waals surface area contributed by atoms with Crippen molar-refractivity contribution >= 4 is 74.6 Å². The zero-order valence-corrected chi connectivity index (χ0v) is 29.7. The molecule has 1 heteroatoms. The second-order valence-electron chi connectivity index (χ2n) is 14.0. The third-order valence-electron chi connectivity index (χ3n) is 11.0. The predicted octanol–water partition coefficient (Wildman–Crippen LogP) is 15.3. The molecule has 0 bridgehead atoms. The molecule has 0 amide bonds. The van der Waals surface area contributed by atoms with E-state index in [4.69, 9.17) is 0 Å². The van der Waals surface area contributed by atoms with E-state index in [2.05, 4.69) is 194 Å². The highest BCUT2D eigenvalue weighted by atomic mass is 32.1. The number of rotatable bonds is 4. The summed E-state index contributed by atoms with van der Waals surface area (Å²) in [7, 11) is 0. The minimum atomic E-state index is 1.23. The fourth-order valence-corrected chi connectivity index (χ4v) is 9.88. The quantitative estimate of drug-likeness (QED) is 0.162. The first-order valence-electron chi connectivity index (χ1n) is 18.3. The van der Waals surface area contributed by atoms with Crippen LogP contribution in [0, 0.1) is 0 Å². The van der Waals surface area contributed by atoms with Gasteiger partial charge in [-0.2, -0.15) is 0 Å². The molecule has 246 valence electrons. The highest BCUT2D eigenvalue weighted by molar-refractivity contribution is 7.26. The van der Waals surface area contributed by atoms with Gasteiger partial charge in [-0.25, -0.2) is 0 Å². The first-order valence-corrected chi connectivity index (χ1v) is 19.1. The molecule has 1 heterocycles. The smallest absolute Gasteiger partial charge is 0.0434 e. The molecule has 0 aliphatic carbocycles. The highest BCUT2D eigenvalue weighted by Crippen LogP contribution is 2.47. The summed E-state index contributed by atoms with van der Waals surface area (Å²) in [4.78, 5) is 0. The van der Waals surface area contributed by atoms with Crippen LogP contribution in [0.5, 0.6) is 0 Å². The predicted molar refractivity (Wildman–Crippen MR) is 231 cm³/mol. The van der Waals surface area contributed by atoms with Crippen molar-refractivity contribution in [2.24, 2.45) is 0 Å². The Balaban J connectivity index is 1.16. The number of benzene rings is 10. The summed E-state index contributed by atoms with van der Waals surface area (Å²) in [5.41, 5.74) is 10.1. The summed E-state index contributed by atoms with van der Waals surface area (Å²) >= 11 is 1.91. The van der Waals surface area contributed by atoms with Crippen molar-refractivity contribution in [2.45, 2.75) is 0 Å². The van der Waals surface area contributed by atoms with Crippen molar-refractivity contribution in [1.82, 2.24) is 0 Å². The van der Waals surface area contributed by atoms with Crippen LogP contribution in [-0.4, -0.2) is 0 Å². The molecule has 0 radical (unpaired) electrons. The van der Waals surface area contributed by atoms with E-state index in [0.29, 0.717) is 0 Å². The van der Waals surface area contributed by atoms with Gasteiger partial charge >= 0.3 is 0 Å². The molecule has 0 nitrogen and oxygen atoms in total. The van der Waals surface area contributed by atoms with Crippen LogP contribution in [0.25, 0.3) is 108 Å². The van der Waals surface area contributed by atoms with Crippen LogP contribution in [0.1, 0.15) is 0 Å². The Kier molecular flexibility index (Phi) is 6.83. The molecule has 0 fully saturated rings. The Hall–Kier alpha value is -6.54. The van der Waals surface area contributed by atoms with Crippen LogP contribution < -0.4 is 0 Å². The maximum Gasteiger partial charge on any atom is 0.0434 e. The van der Waals surface area contributed by atoms with E-state index in [-0.39, 0.29) is 0 Å². The Morgan fingerprint density at radius 2 is 0.792 bits per heavy atom. The van der Waals surface area contributed by atoms with Crippen LogP contribution in [-0.2, 0) is 0 Å². The van der Waals surface area contributed by atoms with Crippen molar-refractivity contribution in [3.05, 3.63) is 194 Å². The molecule has 0 unspecified atom stereocenters. The number of hydrogen-bond acceptors (Lipinski definition) is 1.